The number of anilines is 1. The first kappa shape index (κ1) is 15.0. The van der Waals surface area contributed by atoms with Crippen molar-refractivity contribution in [2.24, 2.45) is 0 Å². The van der Waals surface area contributed by atoms with Crippen LogP contribution in [0.4, 0.5) is 15.8 Å². The zero-order valence-corrected chi connectivity index (χ0v) is 12.0. The molecular weight excluding hydrogens is 271 g/mol. The van der Waals surface area contributed by atoms with Gasteiger partial charge in [0.15, 0.2) is 0 Å². The Balaban J connectivity index is 2.18. The second-order valence-corrected chi connectivity index (χ2v) is 4.88. The van der Waals surface area contributed by atoms with Gasteiger partial charge in [0.05, 0.1) is 4.92 Å². The molecule has 0 fully saturated rings. The predicted octanol–water partition coefficient (Wildman–Crippen LogP) is 4.22. The molecule has 0 saturated carbocycles. The van der Waals surface area contributed by atoms with Gasteiger partial charge >= 0.3 is 0 Å². The summed E-state index contributed by atoms with van der Waals surface area (Å²) in [5, 5.41) is 14.1. The van der Waals surface area contributed by atoms with E-state index in [1.54, 1.807) is 18.2 Å². The number of hydrogen-bond donors (Lipinski definition) is 1. The Morgan fingerprint density at radius 3 is 2.62 bits per heavy atom. The molecule has 0 bridgehead atoms. The molecule has 0 amide bonds. The van der Waals surface area contributed by atoms with Gasteiger partial charge in [0.1, 0.15) is 5.82 Å². The normalized spacial score (nSPS) is 10.4. The van der Waals surface area contributed by atoms with Crippen LogP contribution in [0.15, 0.2) is 36.4 Å². The Hall–Kier alpha value is -2.43. The molecule has 0 aromatic heterocycles. The van der Waals surface area contributed by atoms with Crippen molar-refractivity contribution in [3.8, 4) is 0 Å². The van der Waals surface area contributed by atoms with Crippen LogP contribution in [-0.2, 0) is 13.0 Å². The van der Waals surface area contributed by atoms with E-state index in [2.05, 4.69) is 5.32 Å². The molecule has 2 rings (SSSR count). The van der Waals surface area contributed by atoms with Gasteiger partial charge < -0.3 is 5.32 Å². The summed E-state index contributed by atoms with van der Waals surface area (Å²) in [4.78, 5) is 10.7. The largest absolute Gasteiger partial charge is 0.381 e. The average molecular weight is 288 g/mol. The standard InChI is InChI=1S/C16H17FN2O2/c1-3-12-5-7-15(9-16(12)19(20)21)18-10-13-8-14(17)6-4-11(13)2/h4-9,18H,3,10H2,1-2H3. The minimum absolute atomic E-state index is 0.110. The molecule has 4 nitrogen and oxygen atoms in total. The first-order valence-electron chi connectivity index (χ1n) is 6.77. The number of nitrogens with one attached hydrogen (secondary N) is 1. The fourth-order valence-electron chi connectivity index (χ4n) is 2.17. The van der Waals surface area contributed by atoms with Crippen LogP contribution >= 0.6 is 0 Å². The Morgan fingerprint density at radius 1 is 1.19 bits per heavy atom. The van der Waals surface area contributed by atoms with Gasteiger partial charge in [-0.05, 0) is 42.7 Å². The number of nitro groups is 1. The average Bonchev–Trinajstić information content (AvgIpc) is 2.47. The number of hydrogen-bond acceptors (Lipinski definition) is 3. The SMILES string of the molecule is CCc1ccc(NCc2cc(F)ccc2C)cc1[N+](=O)[O-]. The summed E-state index contributed by atoms with van der Waals surface area (Å²) in [6.45, 7) is 4.21. The van der Waals surface area contributed by atoms with Crippen molar-refractivity contribution in [2.45, 2.75) is 26.8 Å². The minimum atomic E-state index is -0.378. The Kier molecular flexibility index (Phi) is 4.52. The van der Waals surface area contributed by atoms with Crippen molar-refractivity contribution in [3.05, 3.63) is 69.0 Å². The third-order valence-electron chi connectivity index (χ3n) is 3.46. The lowest BCUT2D eigenvalue weighted by atomic mass is 10.1. The smallest absolute Gasteiger partial charge is 0.274 e. The van der Waals surface area contributed by atoms with Crippen molar-refractivity contribution >= 4 is 11.4 Å². The summed E-state index contributed by atoms with van der Waals surface area (Å²) in [6.07, 6.45) is 0.611. The van der Waals surface area contributed by atoms with Crippen LogP contribution in [0.25, 0.3) is 0 Å². The lowest BCUT2D eigenvalue weighted by Crippen LogP contribution is -2.03. The molecule has 0 atom stereocenters. The molecule has 0 spiro atoms. The highest BCUT2D eigenvalue weighted by molar-refractivity contribution is 5.55. The zero-order valence-electron chi connectivity index (χ0n) is 12.0. The van der Waals surface area contributed by atoms with Crippen LogP contribution in [0.2, 0.25) is 0 Å². The summed E-state index contributed by atoms with van der Waals surface area (Å²) >= 11 is 0. The number of nitrogens with zero attached hydrogens (tertiary/aromatic N) is 1. The van der Waals surface area contributed by atoms with Crippen LogP contribution in [0, 0.1) is 22.9 Å². The maximum atomic E-state index is 13.2. The highest BCUT2D eigenvalue weighted by atomic mass is 19.1. The van der Waals surface area contributed by atoms with Crippen molar-refractivity contribution in [3.63, 3.8) is 0 Å². The Bertz CT molecular complexity index is 671. The number of rotatable bonds is 5. The molecule has 5 heteroatoms. The van der Waals surface area contributed by atoms with E-state index in [9.17, 15) is 14.5 Å². The third kappa shape index (κ3) is 3.56. The molecule has 0 unspecified atom stereocenters. The van der Waals surface area contributed by atoms with Crippen molar-refractivity contribution in [1.29, 1.82) is 0 Å². The van der Waals surface area contributed by atoms with E-state index in [-0.39, 0.29) is 16.4 Å². The third-order valence-corrected chi connectivity index (χ3v) is 3.46. The van der Waals surface area contributed by atoms with E-state index in [4.69, 9.17) is 0 Å². The molecule has 1 N–H and O–H groups in total. The molecular formula is C16H17FN2O2. The molecule has 110 valence electrons. The fourth-order valence-corrected chi connectivity index (χ4v) is 2.17. The van der Waals surface area contributed by atoms with Crippen LogP contribution in [0.3, 0.4) is 0 Å². The van der Waals surface area contributed by atoms with Gasteiger partial charge in [-0.1, -0.05) is 19.1 Å². The summed E-state index contributed by atoms with van der Waals surface area (Å²) in [7, 11) is 0. The molecule has 0 radical (unpaired) electrons. The molecule has 2 aromatic carbocycles. The van der Waals surface area contributed by atoms with Gasteiger partial charge in [0.2, 0.25) is 0 Å². The number of benzene rings is 2. The van der Waals surface area contributed by atoms with Gasteiger partial charge in [-0.2, -0.15) is 0 Å². The Morgan fingerprint density at radius 2 is 1.95 bits per heavy atom. The minimum Gasteiger partial charge on any atom is -0.381 e. The first-order chi connectivity index (χ1) is 10.0. The van der Waals surface area contributed by atoms with Gasteiger partial charge in [-0.3, -0.25) is 10.1 Å². The predicted molar refractivity (Wildman–Crippen MR) is 80.9 cm³/mol. The van der Waals surface area contributed by atoms with E-state index < -0.39 is 0 Å². The molecule has 21 heavy (non-hydrogen) atoms. The molecule has 0 aliphatic rings. The van der Waals surface area contributed by atoms with E-state index in [0.29, 0.717) is 24.2 Å². The van der Waals surface area contributed by atoms with Crippen LogP contribution in [0.1, 0.15) is 23.6 Å². The van der Waals surface area contributed by atoms with Crippen molar-refractivity contribution < 1.29 is 9.31 Å². The second-order valence-electron chi connectivity index (χ2n) is 4.88. The maximum absolute atomic E-state index is 13.2. The number of aryl methyl sites for hydroxylation is 2. The van der Waals surface area contributed by atoms with Gasteiger partial charge in [0.25, 0.3) is 5.69 Å². The van der Waals surface area contributed by atoms with Gasteiger partial charge in [-0.15, -0.1) is 0 Å². The lowest BCUT2D eigenvalue weighted by Gasteiger charge is -2.10. The van der Waals surface area contributed by atoms with Crippen LogP contribution in [0.5, 0.6) is 0 Å². The van der Waals surface area contributed by atoms with E-state index in [1.165, 1.54) is 18.2 Å². The number of nitro benzene ring substituents is 1. The van der Waals surface area contributed by atoms with E-state index in [1.807, 2.05) is 13.8 Å². The topological polar surface area (TPSA) is 55.2 Å². The van der Waals surface area contributed by atoms with E-state index in [0.717, 1.165) is 11.1 Å². The molecule has 0 aliphatic heterocycles. The van der Waals surface area contributed by atoms with Crippen molar-refractivity contribution in [1.82, 2.24) is 0 Å². The zero-order chi connectivity index (χ0) is 15.4. The van der Waals surface area contributed by atoms with Gasteiger partial charge in [-0.25, -0.2) is 4.39 Å². The lowest BCUT2D eigenvalue weighted by molar-refractivity contribution is -0.385. The van der Waals surface area contributed by atoms with Crippen molar-refractivity contribution in [2.75, 3.05) is 5.32 Å². The quantitative estimate of drug-likeness (QED) is 0.662. The second kappa shape index (κ2) is 6.35. The maximum Gasteiger partial charge on any atom is 0.274 e. The molecule has 0 saturated heterocycles. The summed E-state index contributed by atoms with van der Waals surface area (Å²) in [5.41, 5.74) is 3.27. The Labute approximate surface area is 122 Å². The van der Waals surface area contributed by atoms with Crippen LogP contribution in [-0.4, -0.2) is 4.92 Å². The fraction of sp³-hybridized carbons (Fsp3) is 0.250. The summed E-state index contributed by atoms with van der Waals surface area (Å²) < 4.78 is 13.2. The van der Waals surface area contributed by atoms with Crippen LogP contribution < -0.4 is 5.32 Å². The monoisotopic (exact) mass is 288 g/mol. The molecule has 0 aliphatic carbocycles. The van der Waals surface area contributed by atoms with E-state index >= 15 is 0 Å². The summed E-state index contributed by atoms with van der Waals surface area (Å²) in [6, 6.07) is 9.68. The highest BCUT2D eigenvalue weighted by Gasteiger charge is 2.13. The highest BCUT2D eigenvalue weighted by Crippen LogP contribution is 2.24. The first-order valence-corrected chi connectivity index (χ1v) is 6.77. The number of halogens is 1. The molecule has 0 heterocycles. The summed E-state index contributed by atoms with van der Waals surface area (Å²) in [5.74, 6) is -0.287. The molecule has 2 aromatic rings. The van der Waals surface area contributed by atoms with Gasteiger partial charge in [0, 0.05) is 23.9 Å².